The molecule has 2 aromatic rings. The number of fused-ring (bicyclic) bond motifs is 1. The standard InChI is InChI=1S/C12H18N4S/c13-7-6-10-8-16-12(14-10)17-11(15-16)9-4-2-1-3-5-9/h8-9H,1-7,13H2. The minimum atomic E-state index is 0.653. The van der Waals surface area contributed by atoms with E-state index in [4.69, 9.17) is 5.73 Å². The molecule has 0 spiro atoms. The van der Waals surface area contributed by atoms with Crippen molar-refractivity contribution in [3.63, 3.8) is 0 Å². The van der Waals surface area contributed by atoms with Crippen LogP contribution in [0.5, 0.6) is 0 Å². The highest BCUT2D eigenvalue weighted by Crippen LogP contribution is 2.34. The Morgan fingerprint density at radius 3 is 2.88 bits per heavy atom. The topological polar surface area (TPSA) is 56.2 Å². The van der Waals surface area contributed by atoms with Gasteiger partial charge < -0.3 is 5.73 Å². The number of hydrogen-bond donors (Lipinski definition) is 1. The van der Waals surface area contributed by atoms with Gasteiger partial charge in [0.25, 0.3) is 0 Å². The Morgan fingerprint density at radius 1 is 1.35 bits per heavy atom. The van der Waals surface area contributed by atoms with Crippen LogP contribution < -0.4 is 5.73 Å². The minimum Gasteiger partial charge on any atom is -0.330 e. The molecule has 0 aromatic carbocycles. The summed E-state index contributed by atoms with van der Waals surface area (Å²) in [7, 11) is 0. The summed E-state index contributed by atoms with van der Waals surface area (Å²) in [5.41, 5.74) is 6.59. The molecule has 0 saturated heterocycles. The predicted octanol–water partition coefficient (Wildman–Crippen LogP) is 2.34. The maximum absolute atomic E-state index is 5.53. The van der Waals surface area contributed by atoms with Crippen LogP contribution in [0.25, 0.3) is 4.96 Å². The van der Waals surface area contributed by atoms with Crippen LogP contribution in [0.2, 0.25) is 0 Å². The fourth-order valence-corrected chi connectivity index (χ4v) is 3.61. The average Bonchev–Trinajstić information content (AvgIpc) is 2.88. The van der Waals surface area contributed by atoms with Crippen molar-refractivity contribution in [2.45, 2.75) is 44.4 Å². The molecule has 0 bridgehead atoms. The molecular formula is C12H18N4S. The van der Waals surface area contributed by atoms with Crippen molar-refractivity contribution in [1.29, 1.82) is 0 Å². The second-order valence-electron chi connectivity index (χ2n) is 4.77. The second kappa shape index (κ2) is 4.74. The highest BCUT2D eigenvalue weighted by atomic mass is 32.1. The van der Waals surface area contributed by atoms with Crippen molar-refractivity contribution in [1.82, 2.24) is 14.6 Å². The smallest absolute Gasteiger partial charge is 0.212 e. The molecule has 3 rings (SSSR count). The first-order chi connectivity index (χ1) is 8.36. The van der Waals surface area contributed by atoms with Crippen molar-refractivity contribution in [3.05, 3.63) is 16.9 Å². The Bertz CT molecular complexity index is 464. The Balaban J connectivity index is 1.84. The Kier molecular flexibility index (Phi) is 3.11. The van der Waals surface area contributed by atoms with Crippen molar-refractivity contribution < 1.29 is 0 Å². The third kappa shape index (κ3) is 2.21. The van der Waals surface area contributed by atoms with Crippen LogP contribution in [0.15, 0.2) is 6.20 Å². The summed E-state index contributed by atoms with van der Waals surface area (Å²) in [5, 5.41) is 5.94. The van der Waals surface area contributed by atoms with Gasteiger partial charge in [-0.3, -0.25) is 0 Å². The van der Waals surface area contributed by atoms with Gasteiger partial charge in [-0.2, -0.15) is 5.10 Å². The van der Waals surface area contributed by atoms with E-state index >= 15 is 0 Å². The third-order valence-corrected chi connectivity index (χ3v) is 4.55. The van der Waals surface area contributed by atoms with E-state index in [0.717, 1.165) is 17.1 Å². The van der Waals surface area contributed by atoms with Gasteiger partial charge in [0.05, 0.1) is 11.9 Å². The van der Waals surface area contributed by atoms with Crippen LogP contribution in [0.3, 0.4) is 0 Å². The molecule has 2 heterocycles. The monoisotopic (exact) mass is 250 g/mol. The molecular weight excluding hydrogens is 232 g/mol. The van der Waals surface area contributed by atoms with Crippen molar-refractivity contribution in [2.75, 3.05) is 6.54 Å². The van der Waals surface area contributed by atoms with Gasteiger partial charge in [-0.1, -0.05) is 30.6 Å². The van der Waals surface area contributed by atoms with E-state index < -0.39 is 0 Å². The zero-order valence-electron chi connectivity index (χ0n) is 9.93. The lowest BCUT2D eigenvalue weighted by Gasteiger charge is -2.18. The number of imidazole rings is 1. The number of nitrogens with zero attached hydrogens (tertiary/aromatic N) is 3. The zero-order valence-corrected chi connectivity index (χ0v) is 10.7. The number of hydrogen-bond acceptors (Lipinski definition) is 4. The van der Waals surface area contributed by atoms with Gasteiger partial charge >= 0.3 is 0 Å². The molecule has 17 heavy (non-hydrogen) atoms. The fraction of sp³-hybridized carbons (Fsp3) is 0.667. The highest BCUT2D eigenvalue weighted by molar-refractivity contribution is 7.16. The van der Waals surface area contributed by atoms with Crippen LogP contribution in [0.1, 0.15) is 48.7 Å². The lowest BCUT2D eigenvalue weighted by molar-refractivity contribution is 0.439. The van der Waals surface area contributed by atoms with Crippen molar-refractivity contribution in [3.8, 4) is 0 Å². The van der Waals surface area contributed by atoms with Crippen LogP contribution >= 0.6 is 11.3 Å². The van der Waals surface area contributed by atoms with Crippen LogP contribution in [0.4, 0.5) is 0 Å². The zero-order chi connectivity index (χ0) is 11.7. The van der Waals surface area contributed by atoms with Gasteiger partial charge in [0.2, 0.25) is 4.96 Å². The summed E-state index contributed by atoms with van der Waals surface area (Å²) in [6, 6.07) is 0. The molecule has 1 fully saturated rings. The highest BCUT2D eigenvalue weighted by Gasteiger charge is 2.20. The summed E-state index contributed by atoms with van der Waals surface area (Å²) in [4.78, 5) is 5.58. The van der Waals surface area contributed by atoms with Gasteiger partial charge in [-0.25, -0.2) is 9.50 Å². The minimum absolute atomic E-state index is 0.653. The molecule has 0 radical (unpaired) electrons. The fourth-order valence-electron chi connectivity index (χ4n) is 2.54. The lowest BCUT2D eigenvalue weighted by atomic mass is 9.90. The molecule has 5 heteroatoms. The molecule has 0 aliphatic heterocycles. The summed E-state index contributed by atoms with van der Waals surface area (Å²) < 4.78 is 1.93. The van der Waals surface area contributed by atoms with E-state index in [2.05, 4.69) is 10.1 Å². The Morgan fingerprint density at radius 2 is 2.18 bits per heavy atom. The molecule has 4 nitrogen and oxygen atoms in total. The third-order valence-electron chi connectivity index (χ3n) is 3.46. The SMILES string of the molecule is NCCc1cn2nc(C3CCCCC3)sc2n1. The first kappa shape index (κ1) is 11.2. The molecule has 1 aliphatic carbocycles. The molecule has 2 N–H and O–H groups in total. The Hall–Kier alpha value is -0.940. The van der Waals surface area contributed by atoms with Crippen molar-refractivity contribution in [2.24, 2.45) is 5.73 Å². The summed E-state index contributed by atoms with van der Waals surface area (Å²) in [6.45, 7) is 0.653. The first-order valence-corrected chi connectivity index (χ1v) is 7.23. The van der Waals surface area contributed by atoms with Gasteiger partial charge in [0.15, 0.2) is 0 Å². The lowest BCUT2D eigenvalue weighted by Crippen LogP contribution is -2.05. The molecule has 0 amide bonds. The van der Waals surface area contributed by atoms with E-state index in [9.17, 15) is 0 Å². The number of rotatable bonds is 3. The van der Waals surface area contributed by atoms with Gasteiger partial charge in [-0.15, -0.1) is 0 Å². The van der Waals surface area contributed by atoms with E-state index in [1.165, 1.54) is 37.1 Å². The quantitative estimate of drug-likeness (QED) is 0.909. The summed E-state index contributed by atoms with van der Waals surface area (Å²) in [5.74, 6) is 0.674. The van der Waals surface area contributed by atoms with Crippen molar-refractivity contribution >= 4 is 16.3 Å². The first-order valence-electron chi connectivity index (χ1n) is 6.42. The van der Waals surface area contributed by atoms with E-state index in [-0.39, 0.29) is 0 Å². The number of nitrogens with two attached hydrogens (primary N) is 1. The van der Waals surface area contributed by atoms with E-state index in [0.29, 0.717) is 12.5 Å². The normalized spacial score (nSPS) is 17.9. The van der Waals surface area contributed by atoms with Crippen LogP contribution in [-0.2, 0) is 6.42 Å². The number of aromatic nitrogens is 3. The Labute approximate surface area is 105 Å². The van der Waals surface area contributed by atoms with Crippen LogP contribution in [0, 0.1) is 0 Å². The molecule has 1 aliphatic rings. The summed E-state index contributed by atoms with van der Waals surface area (Å²) in [6.07, 6.45) is 9.55. The molecule has 92 valence electrons. The largest absolute Gasteiger partial charge is 0.330 e. The average molecular weight is 250 g/mol. The van der Waals surface area contributed by atoms with Gasteiger partial charge in [0.1, 0.15) is 5.01 Å². The van der Waals surface area contributed by atoms with Gasteiger partial charge in [0, 0.05) is 12.3 Å². The van der Waals surface area contributed by atoms with Crippen LogP contribution in [-0.4, -0.2) is 21.1 Å². The molecule has 2 aromatic heterocycles. The summed E-state index contributed by atoms with van der Waals surface area (Å²) >= 11 is 1.75. The molecule has 0 atom stereocenters. The maximum Gasteiger partial charge on any atom is 0.212 e. The van der Waals surface area contributed by atoms with E-state index in [1.54, 1.807) is 11.3 Å². The van der Waals surface area contributed by atoms with Gasteiger partial charge in [-0.05, 0) is 19.4 Å². The second-order valence-corrected chi connectivity index (χ2v) is 5.76. The maximum atomic E-state index is 5.53. The predicted molar refractivity (Wildman–Crippen MR) is 69.4 cm³/mol. The molecule has 1 saturated carbocycles. The molecule has 0 unspecified atom stereocenters. The van der Waals surface area contributed by atoms with E-state index in [1.807, 2.05) is 10.7 Å².